The summed E-state index contributed by atoms with van der Waals surface area (Å²) >= 11 is 1.65. The summed E-state index contributed by atoms with van der Waals surface area (Å²) in [4.78, 5) is 8.61. The number of hydrogen-bond donors (Lipinski definition) is 1. The Morgan fingerprint density at radius 2 is 2.00 bits per heavy atom. The van der Waals surface area contributed by atoms with E-state index in [1.165, 1.54) is 5.56 Å². The Bertz CT molecular complexity index is 723. The predicted molar refractivity (Wildman–Crippen MR) is 81.1 cm³/mol. The Labute approximate surface area is 121 Å². The number of aromatic nitrogens is 4. The van der Waals surface area contributed by atoms with E-state index in [1.54, 1.807) is 30.4 Å². The Balaban J connectivity index is 1.97. The Morgan fingerprint density at radius 1 is 1.20 bits per heavy atom. The van der Waals surface area contributed by atoms with Crippen molar-refractivity contribution >= 4 is 23.2 Å². The quantitative estimate of drug-likeness (QED) is 0.590. The molecule has 20 heavy (non-hydrogen) atoms. The van der Waals surface area contributed by atoms with Gasteiger partial charge in [-0.05, 0) is 30.9 Å². The van der Waals surface area contributed by atoms with E-state index in [2.05, 4.69) is 27.3 Å². The molecule has 0 aliphatic heterocycles. The molecule has 3 aromatic rings. The fourth-order valence-corrected chi connectivity index (χ4v) is 2.68. The zero-order valence-electron chi connectivity index (χ0n) is 11.4. The van der Waals surface area contributed by atoms with Crippen LogP contribution in [0.2, 0.25) is 0 Å². The number of thioether (sulfide) groups is 1. The Morgan fingerprint density at radius 3 is 2.75 bits per heavy atom. The summed E-state index contributed by atoms with van der Waals surface area (Å²) in [5.41, 5.74) is 3.15. The van der Waals surface area contributed by atoms with E-state index in [1.807, 2.05) is 29.0 Å². The van der Waals surface area contributed by atoms with Crippen LogP contribution in [0.25, 0.3) is 5.65 Å². The van der Waals surface area contributed by atoms with Gasteiger partial charge in [0.15, 0.2) is 5.65 Å². The highest BCUT2D eigenvalue weighted by molar-refractivity contribution is 7.98. The van der Waals surface area contributed by atoms with Crippen molar-refractivity contribution in [2.24, 2.45) is 0 Å². The van der Waals surface area contributed by atoms with Crippen LogP contribution in [0.3, 0.4) is 0 Å². The van der Waals surface area contributed by atoms with Crippen LogP contribution in [0, 0.1) is 6.92 Å². The number of hydrogen-bond acceptors (Lipinski definition) is 5. The molecular formula is C14H15N5S. The summed E-state index contributed by atoms with van der Waals surface area (Å²) in [6.07, 6.45) is 7.40. The number of nitrogens with zero attached hydrogens (tertiary/aromatic N) is 4. The number of anilines is 1. The van der Waals surface area contributed by atoms with Crippen molar-refractivity contribution in [3.63, 3.8) is 0 Å². The average molecular weight is 285 g/mol. The number of pyridine rings is 1. The zero-order valence-corrected chi connectivity index (χ0v) is 12.2. The van der Waals surface area contributed by atoms with Crippen LogP contribution in [-0.2, 0) is 6.54 Å². The van der Waals surface area contributed by atoms with Gasteiger partial charge in [0, 0.05) is 30.6 Å². The molecule has 0 unspecified atom stereocenters. The first-order valence-corrected chi connectivity index (χ1v) is 7.53. The Hall–Kier alpha value is -2.08. The van der Waals surface area contributed by atoms with Gasteiger partial charge in [0.05, 0.1) is 6.20 Å². The van der Waals surface area contributed by atoms with Gasteiger partial charge in [0.25, 0.3) is 0 Å². The van der Waals surface area contributed by atoms with Gasteiger partial charge in [-0.25, -0.2) is 4.98 Å². The van der Waals surface area contributed by atoms with Gasteiger partial charge >= 0.3 is 0 Å². The van der Waals surface area contributed by atoms with Crippen LogP contribution >= 0.6 is 11.8 Å². The van der Waals surface area contributed by atoms with Gasteiger partial charge in [0.1, 0.15) is 10.8 Å². The average Bonchev–Trinajstić information content (AvgIpc) is 2.95. The molecule has 3 heterocycles. The lowest BCUT2D eigenvalue weighted by Gasteiger charge is -2.13. The van der Waals surface area contributed by atoms with Crippen LogP contribution in [0.15, 0.2) is 41.8 Å². The minimum Gasteiger partial charge on any atom is -0.366 e. The molecule has 102 valence electrons. The lowest BCUT2D eigenvalue weighted by molar-refractivity contribution is 0.887. The first kappa shape index (κ1) is 12.9. The van der Waals surface area contributed by atoms with Gasteiger partial charge in [-0.2, -0.15) is 9.61 Å². The monoisotopic (exact) mass is 285 g/mol. The van der Waals surface area contributed by atoms with Gasteiger partial charge in [-0.1, -0.05) is 0 Å². The maximum absolute atomic E-state index is 4.58. The molecular weight excluding hydrogens is 270 g/mol. The lowest BCUT2D eigenvalue weighted by Crippen LogP contribution is -2.09. The highest BCUT2D eigenvalue weighted by Gasteiger charge is 2.11. The summed E-state index contributed by atoms with van der Waals surface area (Å²) in [7, 11) is 0. The van der Waals surface area contributed by atoms with Crippen molar-refractivity contribution in [1.82, 2.24) is 19.6 Å². The third kappa shape index (κ3) is 2.34. The standard InChI is InChI=1S/C14H15N5S/c1-10-13(16-9-11-3-6-15-7-4-11)19-12(5-8-17-19)18-14(10)20-2/h3-8,16H,9H2,1-2H3. The summed E-state index contributed by atoms with van der Waals surface area (Å²) in [6.45, 7) is 2.80. The minimum absolute atomic E-state index is 0.732. The third-order valence-electron chi connectivity index (χ3n) is 3.13. The van der Waals surface area contributed by atoms with E-state index in [-0.39, 0.29) is 0 Å². The van der Waals surface area contributed by atoms with E-state index in [9.17, 15) is 0 Å². The maximum atomic E-state index is 4.58. The smallest absolute Gasteiger partial charge is 0.158 e. The van der Waals surface area contributed by atoms with Crippen molar-refractivity contribution in [1.29, 1.82) is 0 Å². The molecule has 0 aromatic carbocycles. The second kappa shape index (κ2) is 5.50. The fourth-order valence-electron chi connectivity index (χ4n) is 2.09. The second-order valence-electron chi connectivity index (χ2n) is 4.40. The van der Waals surface area contributed by atoms with E-state index in [4.69, 9.17) is 0 Å². The molecule has 0 amide bonds. The molecule has 0 fully saturated rings. The summed E-state index contributed by atoms with van der Waals surface area (Å²) in [5, 5.41) is 8.81. The van der Waals surface area contributed by atoms with Crippen LogP contribution in [0.1, 0.15) is 11.1 Å². The highest BCUT2D eigenvalue weighted by Crippen LogP contribution is 2.25. The van der Waals surface area contributed by atoms with Crippen molar-refractivity contribution in [2.45, 2.75) is 18.5 Å². The third-order valence-corrected chi connectivity index (χ3v) is 3.91. The van der Waals surface area contributed by atoms with Crippen molar-refractivity contribution in [2.75, 3.05) is 11.6 Å². The predicted octanol–water partition coefficient (Wildman–Crippen LogP) is 2.77. The van der Waals surface area contributed by atoms with Crippen LogP contribution in [-0.4, -0.2) is 25.8 Å². The number of rotatable bonds is 4. The lowest BCUT2D eigenvalue weighted by atomic mass is 10.2. The molecule has 0 saturated carbocycles. The molecule has 0 saturated heterocycles. The summed E-state index contributed by atoms with van der Waals surface area (Å²) < 4.78 is 1.84. The van der Waals surface area contributed by atoms with Crippen molar-refractivity contribution < 1.29 is 0 Å². The molecule has 0 aliphatic rings. The van der Waals surface area contributed by atoms with E-state index < -0.39 is 0 Å². The van der Waals surface area contributed by atoms with Gasteiger partial charge < -0.3 is 5.32 Å². The molecule has 3 rings (SSSR count). The maximum Gasteiger partial charge on any atom is 0.158 e. The molecule has 0 bridgehead atoms. The molecule has 0 radical (unpaired) electrons. The van der Waals surface area contributed by atoms with E-state index in [0.717, 1.165) is 28.6 Å². The van der Waals surface area contributed by atoms with Crippen LogP contribution in [0.5, 0.6) is 0 Å². The first-order valence-electron chi connectivity index (χ1n) is 6.30. The molecule has 0 atom stereocenters. The van der Waals surface area contributed by atoms with Gasteiger partial charge in [-0.15, -0.1) is 11.8 Å². The summed E-state index contributed by atoms with van der Waals surface area (Å²) in [6, 6.07) is 5.91. The topological polar surface area (TPSA) is 55.1 Å². The zero-order chi connectivity index (χ0) is 13.9. The van der Waals surface area contributed by atoms with Gasteiger partial charge in [0.2, 0.25) is 0 Å². The Kier molecular flexibility index (Phi) is 3.56. The van der Waals surface area contributed by atoms with E-state index >= 15 is 0 Å². The molecule has 6 heteroatoms. The fraction of sp³-hybridized carbons (Fsp3) is 0.214. The molecule has 3 aromatic heterocycles. The molecule has 0 spiro atoms. The first-order chi connectivity index (χ1) is 9.79. The van der Waals surface area contributed by atoms with Crippen LogP contribution < -0.4 is 5.32 Å². The van der Waals surface area contributed by atoms with E-state index in [0.29, 0.717) is 0 Å². The normalized spacial score (nSPS) is 10.9. The van der Waals surface area contributed by atoms with Crippen LogP contribution in [0.4, 0.5) is 5.82 Å². The summed E-state index contributed by atoms with van der Waals surface area (Å²) in [5.74, 6) is 0.987. The highest BCUT2D eigenvalue weighted by atomic mass is 32.2. The largest absolute Gasteiger partial charge is 0.366 e. The SMILES string of the molecule is CSc1nc2ccnn2c(NCc2ccncc2)c1C. The molecule has 1 N–H and O–H groups in total. The molecule has 0 aliphatic carbocycles. The van der Waals surface area contributed by atoms with Gasteiger partial charge in [-0.3, -0.25) is 4.98 Å². The minimum atomic E-state index is 0.732. The van der Waals surface area contributed by atoms with Crippen molar-refractivity contribution in [3.05, 3.63) is 47.9 Å². The number of nitrogens with one attached hydrogen (secondary N) is 1. The number of fused-ring (bicyclic) bond motifs is 1. The van der Waals surface area contributed by atoms with Crippen molar-refractivity contribution in [3.8, 4) is 0 Å². The molecule has 5 nitrogen and oxygen atoms in total. The second-order valence-corrected chi connectivity index (χ2v) is 5.20.